The van der Waals surface area contributed by atoms with Crippen LogP contribution in [0.25, 0.3) is 0 Å². The van der Waals surface area contributed by atoms with Gasteiger partial charge < -0.3 is 4.90 Å². The molecule has 6 aliphatic rings. The van der Waals surface area contributed by atoms with Gasteiger partial charge in [-0.1, -0.05) is 66.4 Å². The van der Waals surface area contributed by atoms with Crippen LogP contribution in [0.1, 0.15) is 137 Å². The summed E-state index contributed by atoms with van der Waals surface area (Å²) in [6.07, 6.45) is 12.5. The Morgan fingerprint density at radius 2 is 1.59 bits per heavy atom. The van der Waals surface area contributed by atoms with Crippen LogP contribution in [0.3, 0.4) is 0 Å². The molecule has 51 heavy (non-hydrogen) atoms. The molecule has 2 aliphatic heterocycles. The number of nitrogens with one attached hydrogen (secondary N) is 1. The van der Waals surface area contributed by atoms with Crippen LogP contribution in [0.5, 0.6) is 0 Å². The van der Waals surface area contributed by atoms with E-state index in [0.717, 1.165) is 64.2 Å². The van der Waals surface area contributed by atoms with E-state index in [1.54, 1.807) is 11.0 Å². The number of rotatable bonds is 13. The molecular formula is C40H60N4O6S. The van der Waals surface area contributed by atoms with Crippen molar-refractivity contribution < 1.29 is 27.6 Å². The fraction of sp³-hybridized carbons (Fsp3) is 0.825. The number of carbonyl (C=O) groups excluding carboxylic acids is 4. The molecule has 0 bridgehead atoms. The largest absolute Gasteiger partial charge is 0.332 e. The number of hydrogen-bond donors (Lipinski definition) is 1. The van der Waals surface area contributed by atoms with E-state index >= 15 is 0 Å². The summed E-state index contributed by atoms with van der Waals surface area (Å²) in [5.74, 6) is -2.07. The highest BCUT2D eigenvalue weighted by Crippen LogP contribution is 2.88. The van der Waals surface area contributed by atoms with Crippen LogP contribution in [0, 0.1) is 55.7 Å². The van der Waals surface area contributed by atoms with Crippen molar-refractivity contribution in [3.63, 3.8) is 0 Å². The molecule has 4 saturated carbocycles. The average molecular weight is 725 g/mol. The fourth-order valence-electron chi connectivity index (χ4n) is 11.5. The van der Waals surface area contributed by atoms with Crippen LogP contribution in [0.15, 0.2) is 12.7 Å². The molecule has 11 heteroatoms. The monoisotopic (exact) mass is 724 g/mol. The van der Waals surface area contributed by atoms with Crippen LogP contribution in [-0.2, 0) is 29.4 Å². The summed E-state index contributed by atoms with van der Waals surface area (Å²) in [5, 5.41) is 9.63. The summed E-state index contributed by atoms with van der Waals surface area (Å²) in [4.78, 5) is 59.0. The minimum atomic E-state index is -4.03. The third kappa shape index (κ3) is 6.22. The molecule has 0 unspecified atom stereocenters. The lowest BCUT2D eigenvalue weighted by molar-refractivity contribution is -0.146. The highest BCUT2D eigenvalue weighted by molar-refractivity contribution is 7.87. The van der Waals surface area contributed by atoms with E-state index in [-0.39, 0.29) is 57.9 Å². The number of nitrogens with zero attached hydrogens (tertiary/aromatic N) is 3. The third-order valence-corrected chi connectivity index (χ3v) is 16.7. The number of hydrogen-bond acceptors (Lipinski definition) is 7. The average Bonchev–Trinajstić information content (AvgIpc) is 3.49. The van der Waals surface area contributed by atoms with Crippen molar-refractivity contribution in [2.45, 2.75) is 143 Å². The number of amides is 2. The first-order valence-electron chi connectivity index (χ1n) is 19.5. The Morgan fingerprint density at radius 3 is 2.10 bits per heavy atom. The Hall–Kier alpha value is -2.58. The van der Waals surface area contributed by atoms with Crippen molar-refractivity contribution in [1.29, 1.82) is 5.26 Å². The van der Waals surface area contributed by atoms with Gasteiger partial charge in [0.1, 0.15) is 5.78 Å². The van der Waals surface area contributed by atoms with Gasteiger partial charge >= 0.3 is 10.2 Å². The number of nitriles is 1. The smallest absolute Gasteiger partial charge is 0.303 e. The molecule has 2 spiro atoms. The molecule has 282 valence electrons. The number of ketones is 2. The van der Waals surface area contributed by atoms with E-state index < -0.39 is 38.9 Å². The lowest BCUT2D eigenvalue weighted by atomic mass is 9.67. The molecule has 4 aliphatic carbocycles. The Labute approximate surface area is 305 Å². The van der Waals surface area contributed by atoms with Gasteiger partial charge in [-0.05, 0) is 78.9 Å². The number of Topliss-reactive ketones (excluding diaryl/α,β-unsaturated/α-hetero) is 2. The maximum Gasteiger partial charge on any atom is 0.303 e. The molecule has 2 saturated heterocycles. The lowest BCUT2D eigenvalue weighted by Gasteiger charge is -2.37. The lowest BCUT2D eigenvalue weighted by Crippen LogP contribution is -2.49. The number of allylic oxidation sites excluding steroid dienone is 1. The molecule has 6 rings (SSSR count). The summed E-state index contributed by atoms with van der Waals surface area (Å²) < 4.78 is 29.8. The Kier molecular flexibility index (Phi) is 9.78. The van der Waals surface area contributed by atoms with Crippen LogP contribution in [0.2, 0.25) is 0 Å². The summed E-state index contributed by atoms with van der Waals surface area (Å²) in [7, 11) is -4.03. The molecule has 6 fully saturated rings. The Bertz CT molecular complexity index is 1610. The van der Waals surface area contributed by atoms with E-state index in [0.29, 0.717) is 45.3 Å². The van der Waals surface area contributed by atoms with Crippen LogP contribution in [-0.4, -0.2) is 66.7 Å². The summed E-state index contributed by atoms with van der Waals surface area (Å²) in [6, 6.07) is 1.57. The van der Waals surface area contributed by atoms with Crippen molar-refractivity contribution in [2.24, 2.45) is 44.3 Å². The molecular weight excluding hydrogens is 665 g/mol. The number of likely N-dealkylation sites (tertiary alicyclic amines) is 1. The van der Waals surface area contributed by atoms with E-state index in [2.05, 4.69) is 31.2 Å². The van der Waals surface area contributed by atoms with Gasteiger partial charge in [0.2, 0.25) is 11.8 Å². The summed E-state index contributed by atoms with van der Waals surface area (Å²) in [5.41, 5.74) is -2.34. The maximum absolute atomic E-state index is 14.9. The first-order valence-corrected chi connectivity index (χ1v) is 21.0. The maximum atomic E-state index is 14.9. The van der Waals surface area contributed by atoms with E-state index in [9.17, 15) is 32.9 Å². The van der Waals surface area contributed by atoms with Gasteiger partial charge in [-0.15, -0.1) is 6.58 Å². The highest BCUT2D eigenvalue weighted by Gasteiger charge is 2.85. The minimum Gasteiger partial charge on any atom is -0.332 e. The summed E-state index contributed by atoms with van der Waals surface area (Å²) >= 11 is 0. The number of fused-ring (bicyclic) bond motifs is 1. The molecule has 2 amide bonds. The normalized spacial score (nSPS) is 32.5. The van der Waals surface area contributed by atoms with Gasteiger partial charge in [-0.3, -0.25) is 19.2 Å². The van der Waals surface area contributed by atoms with Crippen molar-refractivity contribution in [3.8, 4) is 6.07 Å². The molecule has 2 heterocycles. The second-order valence-corrected chi connectivity index (χ2v) is 20.6. The van der Waals surface area contributed by atoms with E-state index in [1.807, 2.05) is 20.8 Å². The van der Waals surface area contributed by atoms with Crippen molar-refractivity contribution in [3.05, 3.63) is 12.7 Å². The minimum absolute atomic E-state index is 0.000989. The predicted octanol–water partition coefficient (Wildman–Crippen LogP) is 6.27. The van der Waals surface area contributed by atoms with Crippen LogP contribution >= 0.6 is 0 Å². The first-order chi connectivity index (χ1) is 23.8. The molecule has 0 aromatic heterocycles. The quantitative estimate of drug-likeness (QED) is 0.221. The molecule has 1 N–H and O–H groups in total. The second kappa shape index (κ2) is 13.1. The van der Waals surface area contributed by atoms with Crippen molar-refractivity contribution >= 4 is 33.6 Å². The van der Waals surface area contributed by atoms with Gasteiger partial charge in [-0.2, -0.15) is 18.0 Å². The van der Waals surface area contributed by atoms with Gasteiger partial charge in [-0.25, -0.2) is 4.72 Å². The molecule has 0 radical (unpaired) electrons. The molecule has 0 aromatic rings. The second-order valence-electron chi connectivity index (χ2n) is 19.0. The van der Waals surface area contributed by atoms with Gasteiger partial charge in [0.25, 0.3) is 0 Å². The number of carbonyl (C=O) groups is 4. The first kappa shape index (κ1) is 38.2. The zero-order valence-electron chi connectivity index (χ0n) is 31.7. The fourth-order valence-corrected chi connectivity index (χ4v) is 12.8. The SMILES string of the molecule is C=C[C@@H]1C[C@]1(CC(=O)[C@@H]1C[C@@]2(CN1C(=O)[C@@H](CC(=O)CC1(CC#N)CCCCC1)C(C)(C)C)C(C)(C)C21CCC1)C(=O)NS(=O)(=O)N1CCCC1. The Morgan fingerprint density at radius 1 is 0.941 bits per heavy atom. The van der Waals surface area contributed by atoms with Crippen molar-refractivity contribution in [2.75, 3.05) is 19.6 Å². The van der Waals surface area contributed by atoms with Crippen LogP contribution in [0.4, 0.5) is 0 Å². The molecule has 10 nitrogen and oxygen atoms in total. The van der Waals surface area contributed by atoms with Crippen molar-refractivity contribution in [1.82, 2.24) is 13.9 Å². The highest BCUT2D eigenvalue weighted by atomic mass is 32.2. The van der Waals surface area contributed by atoms with Crippen LogP contribution < -0.4 is 4.72 Å². The zero-order valence-corrected chi connectivity index (χ0v) is 32.5. The summed E-state index contributed by atoms with van der Waals surface area (Å²) in [6.45, 7) is 15.5. The molecule has 0 aromatic carbocycles. The van der Waals surface area contributed by atoms with Gasteiger partial charge in [0.15, 0.2) is 5.78 Å². The predicted molar refractivity (Wildman–Crippen MR) is 194 cm³/mol. The Balaban J connectivity index is 1.26. The van der Waals surface area contributed by atoms with E-state index in [1.165, 1.54) is 4.31 Å². The van der Waals surface area contributed by atoms with Gasteiger partial charge in [0, 0.05) is 56.7 Å². The third-order valence-electron chi connectivity index (χ3n) is 15.2. The standard InChI is InChI=1S/C40H60N4O6S/c1-7-28-23-38(28,34(48)42-51(49,50)43-20-11-12-21-43)26-32(46)31-25-40(36(5,6)39(40)16-13-17-39)27-44(31)33(47)30(35(2,3)4)22-29(45)24-37(18-19-41)14-9-8-10-15-37/h7,28,30-31H,1,8-18,20-27H2,2-6H3,(H,42,48)/t28-,30-,31+,38-,40-/m1/s1. The topological polar surface area (TPSA) is 145 Å². The van der Waals surface area contributed by atoms with E-state index in [4.69, 9.17) is 0 Å². The zero-order chi connectivity index (χ0) is 37.3. The molecule has 5 atom stereocenters. The van der Waals surface area contributed by atoms with Gasteiger partial charge in [0.05, 0.1) is 17.5 Å².